The highest BCUT2D eigenvalue weighted by Gasteiger charge is 2.32. The van der Waals surface area contributed by atoms with Crippen LogP contribution in [0.2, 0.25) is 0 Å². The first kappa shape index (κ1) is 10.4. The second-order valence-corrected chi connectivity index (χ2v) is 5.10. The molecule has 2 atom stereocenters. The van der Waals surface area contributed by atoms with Gasteiger partial charge in [0.25, 0.3) is 0 Å². The van der Waals surface area contributed by atoms with Crippen molar-refractivity contribution >= 4 is 0 Å². The molecule has 2 rings (SSSR count). The lowest BCUT2D eigenvalue weighted by molar-refractivity contribution is 0.0837. The molecule has 2 unspecified atom stereocenters. The van der Waals surface area contributed by atoms with Gasteiger partial charge in [0, 0.05) is 18.1 Å². The van der Waals surface area contributed by atoms with Crippen LogP contribution in [0.5, 0.6) is 0 Å². The molecule has 0 aromatic rings. The van der Waals surface area contributed by atoms with E-state index >= 15 is 0 Å². The number of likely N-dealkylation sites (tertiary alicyclic amines) is 1. The predicted octanol–water partition coefficient (Wildman–Crippen LogP) is 2.13. The first-order valence-electron chi connectivity index (χ1n) is 6.30. The van der Waals surface area contributed by atoms with Gasteiger partial charge in [-0.3, -0.25) is 4.90 Å². The molecule has 2 fully saturated rings. The quantitative estimate of drug-likeness (QED) is 0.733. The number of nitrogens with two attached hydrogens (primary N) is 1. The van der Waals surface area contributed by atoms with Gasteiger partial charge in [0.2, 0.25) is 0 Å². The van der Waals surface area contributed by atoms with Crippen molar-refractivity contribution in [2.45, 2.75) is 70.0 Å². The zero-order valence-electron chi connectivity index (χ0n) is 9.41. The monoisotopic (exact) mass is 196 g/mol. The average Bonchev–Trinajstić information content (AvgIpc) is 2.70. The Morgan fingerprint density at radius 3 is 2.36 bits per heavy atom. The SMILES string of the molecule is CC(N)C1CCCCN1C1CCCC1. The Morgan fingerprint density at radius 1 is 1.07 bits per heavy atom. The van der Waals surface area contributed by atoms with Crippen molar-refractivity contribution in [3.8, 4) is 0 Å². The summed E-state index contributed by atoms with van der Waals surface area (Å²) >= 11 is 0. The fourth-order valence-corrected chi connectivity index (χ4v) is 3.23. The summed E-state index contributed by atoms with van der Waals surface area (Å²) in [5.41, 5.74) is 6.08. The summed E-state index contributed by atoms with van der Waals surface area (Å²) in [6.45, 7) is 3.48. The fraction of sp³-hybridized carbons (Fsp3) is 1.00. The van der Waals surface area contributed by atoms with Crippen molar-refractivity contribution in [2.75, 3.05) is 6.54 Å². The van der Waals surface area contributed by atoms with Crippen molar-refractivity contribution in [3.63, 3.8) is 0 Å². The normalized spacial score (nSPS) is 33.4. The summed E-state index contributed by atoms with van der Waals surface area (Å²) in [6, 6.07) is 1.90. The van der Waals surface area contributed by atoms with Gasteiger partial charge >= 0.3 is 0 Å². The van der Waals surface area contributed by atoms with E-state index in [0.717, 1.165) is 6.04 Å². The lowest BCUT2D eigenvalue weighted by Gasteiger charge is -2.41. The van der Waals surface area contributed by atoms with E-state index in [0.29, 0.717) is 12.1 Å². The molecule has 1 aliphatic carbocycles. The Hall–Kier alpha value is -0.0800. The molecule has 1 heterocycles. The zero-order chi connectivity index (χ0) is 9.97. The van der Waals surface area contributed by atoms with Crippen molar-refractivity contribution < 1.29 is 0 Å². The molecule has 2 heteroatoms. The van der Waals surface area contributed by atoms with E-state index in [9.17, 15) is 0 Å². The van der Waals surface area contributed by atoms with Gasteiger partial charge in [0.15, 0.2) is 0 Å². The molecular formula is C12H24N2. The van der Waals surface area contributed by atoms with E-state index in [1.54, 1.807) is 0 Å². The Labute approximate surface area is 87.8 Å². The number of hydrogen-bond donors (Lipinski definition) is 1. The second kappa shape index (κ2) is 4.63. The van der Waals surface area contributed by atoms with Crippen molar-refractivity contribution in [1.29, 1.82) is 0 Å². The molecule has 2 N–H and O–H groups in total. The van der Waals surface area contributed by atoms with Gasteiger partial charge in [-0.1, -0.05) is 19.3 Å². The lowest BCUT2D eigenvalue weighted by atomic mass is 9.94. The Kier molecular flexibility index (Phi) is 3.45. The molecule has 2 nitrogen and oxygen atoms in total. The Morgan fingerprint density at radius 2 is 1.71 bits per heavy atom. The largest absolute Gasteiger partial charge is 0.327 e. The van der Waals surface area contributed by atoms with Gasteiger partial charge in [0.05, 0.1) is 0 Å². The van der Waals surface area contributed by atoms with E-state index in [1.165, 1.54) is 51.5 Å². The summed E-state index contributed by atoms with van der Waals surface area (Å²) in [5, 5.41) is 0. The minimum atomic E-state index is 0.357. The van der Waals surface area contributed by atoms with E-state index in [-0.39, 0.29) is 0 Å². The van der Waals surface area contributed by atoms with Crippen LogP contribution in [-0.2, 0) is 0 Å². The molecule has 1 aliphatic heterocycles. The molecule has 1 saturated carbocycles. The number of hydrogen-bond acceptors (Lipinski definition) is 2. The van der Waals surface area contributed by atoms with Crippen LogP contribution in [0.4, 0.5) is 0 Å². The third-order valence-corrected chi connectivity index (χ3v) is 3.99. The summed E-state index contributed by atoms with van der Waals surface area (Å²) < 4.78 is 0. The van der Waals surface area contributed by atoms with Crippen LogP contribution in [0.1, 0.15) is 51.9 Å². The molecule has 2 aliphatic rings. The predicted molar refractivity (Wildman–Crippen MR) is 60.3 cm³/mol. The number of piperidine rings is 1. The van der Waals surface area contributed by atoms with E-state index in [4.69, 9.17) is 5.73 Å². The van der Waals surface area contributed by atoms with E-state index < -0.39 is 0 Å². The highest BCUT2D eigenvalue weighted by molar-refractivity contribution is 4.89. The maximum Gasteiger partial charge on any atom is 0.0247 e. The van der Waals surface area contributed by atoms with Crippen molar-refractivity contribution in [1.82, 2.24) is 4.90 Å². The smallest absolute Gasteiger partial charge is 0.0247 e. The molecule has 0 aromatic carbocycles. The van der Waals surface area contributed by atoms with Gasteiger partial charge in [0.1, 0.15) is 0 Å². The lowest BCUT2D eigenvalue weighted by Crippen LogP contribution is -2.52. The minimum Gasteiger partial charge on any atom is -0.327 e. The second-order valence-electron chi connectivity index (χ2n) is 5.10. The molecular weight excluding hydrogens is 172 g/mol. The van der Waals surface area contributed by atoms with Gasteiger partial charge < -0.3 is 5.73 Å². The van der Waals surface area contributed by atoms with Gasteiger partial charge in [-0.2, -0.15) is 0 Å². The van der Waals surface area contributed by atoms with Crippen LogP contribution in [0.15, 0.2) is 0 Å². The molecule has 1 saturated heterocycles. The van der Waals surface area contributed by atoms with Crippen LogP contribution in [0, 0.1) is 0 Å². The summed E-state index contributed by atoms with van der Waals surface area (Å²) in [6.07, 6.45) is 9.81. The molecule has 0 spiro atoms. The molecule has 0 radical (unpaired) electrons. The van der Waals surface area contributed by atoms with Crippen LogP contribution >= 0.6 is 0 Å². The van der Waals surface area contributed by atoms with Crippen LogP contribution in [-0.4, -0.2) is 29.6 Å². The van der Waals surface area contributed by atoms with E-state index in [1.807, 2.05) is 0 Å². The fourth-order valence-electron chi connectivity index (χ4n) is 3.23. The summed E-state index contributed by atoms with van der Waals surface area (Å²) in [7, 11) is 0. The van der Waals surface area contributed by atoms with Crippen LogP contribution in [0.25, 0.3) is 0 Å². The van der Waals surface area contributed by atoms with Gasteiger partial charge in [-0.05, 0) is 39.2 Å². The maximum absolute atomic E-state index is 6.08. The number of rotatable bonds is 2. The zero-order valence-corrected chi connectivity index (χ0v) is 9.41. The average molecular weight is 196 g/mol. The topological polar surface area (TPSA) is 29.3 Å². The van der Waals surface area contributed by atoms with Crippen LogP contribution in [0.3, 0.4) is 0 Å². The first-order valence-corrected chi connectivity index (χ1v) is 6.30. The molecule has 82 valence electrons. The molecule has 0 amide bonds. The first-order chi connectivity index (χ1) is 6.79. The van der Waals surface area contributed by atoms with Gasteiger partial charge in [-0.15, -0.1) is 0 Å². The summed E-state index contributed by atoms with van der Waals surface area (Å²) in [4.78, 5) is 2.72. The molecule has 0 bridgehead atoms. The summed E-state index contributed by atoms with van der Waals surface area (Å²) in [5.74, 6) is 0. The standard InChI is InChI=1S/C12H24N2/c1-10(13)12-8-4-5-9-14(12)11-6-2-3-7-11/h10-12H,2-9,13H2,1H3. The highest BCUT2D eigenvalue weighted by Crippen LogP contribution is 2.30. The minimum absolute atomic E-state index is 0.357. The molecule has 14 heavy (non-hydrogen) atoms. The molecule has 0 aromatic heterocycles. The number of nitrogens with zero attached hydrogens (tertiary/aromatic N) is 1. The third kappa shape index (κ3) is 2.12. The maximum atomic E-state index is 6.08. The Bertz CT molecular complexity index is 173. The van der Waals surface area contributed by atoms with Gasteiger partial charge in [-0.25, -0.2) is 0 Å². The Balaban J connectivity index is 1.98. The van der Waals surface area contributed by atoms with Crippen molar-refractivity contribution in [3.05, 3.63) is 0 Å². The van der Waals surface area contributed by atoms with Crippen molar-refractivity contribution in [2.24, 2.45) is 5.73 Å². The van der Waals surface area contributed by atoms with Crippen LogP contribution < -0.4 is 5.73 Å². The highest BCUT2D eigenvalue weighted by atomic mass is 15.2. The van der Waals surface area contributed by atoms with E-state index in [2.05, 4.69) is 11.8 Å². The third-order valence-electron chi connectivity index (χ3n) is 3.99.